The van der Waals surface area contributed by atoms with Gasteiger partial charge >= 0.3 is 5.97 Å². The summed E-state index contributed by atoms with van der Waals surface area (Å²) in [5.41, 5.74) is 1.73. The Hall–Kier alpha value is -3.35. The molecule has 0 bridgehead atoms. The number of carbonyl (C=O) groups excluding carboxylic acids is 3. The van der Waals surface area contributed by atoms with E-state index in [1.165, 1.54) is 10.5 Å². The SMILES string of the molecule is O=C(COC(=O)CN1C(=O)CCOc2ccccc21)NCCCc1ccccc1. The number of hydrogen-bond acceptors (Lipinski definition) is 5. The van der Waals surface area contributed by atoms with E-state index >= 15 is 0 Å². The van der Waals surface area contributed by atoms with E-state index in [2.05, 4.69) is 5.32 Å². The fraction of sp³-hybridized carbons (Fsp3) is 0.318. The molecule has 29 heavy (non-hydrogen) atoms. The number of nitrogens with one attached hydrogen (secondary N) is 1. The second kappa shape index (κ2) is 10.3. The highest BCUT2D eigenvalue weighted by molar-refractivity contribution is 5.99. The van der Waals surface area contributed by atoms with Crippen molar-refractivity contribution in [3.8, 4) is 5.75 Å². The van der Waals surface area contributed by atoms with Crippen molar-refractivity contribution in [2.75, 3.05) is 31.2 Å². The minimum atomic E-state index is -0.644. The number of fused-ring (bicyclic) bond motifs is 1. The Morgan fingerprint density at radius 2 is 1.83 bits per heavy atom. The molecule has 7 heteroatoms. The van der Waals surface area contributed by atoms with Gasteiger partial charge in [-0.3, -0.25) is 19.3 Å². The van der Waals surface area contributed by atoms with Crippen LogP contribution in [0.1, 0.15) is 18.4 Å². The Kier molecular flexibility index (Phi) is 7.22. The highest BCUT2D eigenvalue weighted by Crippen LogP contribution is 2.30. The topological polar surface area (TPSA) is 84.9 Å². The molecule has 0 aromatic heterocycles. The molecule has 0 spiro atoms. The third kappa shape index (κ3) is 6.07. The monoisotopic (exact) mass is 396 g/mol. The predicted octanol–water partition coefficient (Wildman–Crippen LogP) is 2.09. The molecule has 0 radical (unpaired) electrons. The molecular formula is C22H24N2O5. The third-order valence-corrected chi connectivity index (χ3v) is 4.49. The van der Waals surface area contributed by atoms with Crippen LogP contribution in [0, 0.1) is 0 Å². The Balaban J connectivity index is 1.41. The van der Waals surface area contributed by atoms with Gasteiger partial charge in [-0.1, -0.05) is 42.5 Å². The largest absolute Gasteiger partial charge is 0.491 e. The van der Waals surface area contributed by atoms with Gasteiger partial charge in [0, 0.05) is 6.54 Å². The van der Waals surface area contributed by atoms with Crippen LogP contribution in [-0.4, -0.2) is 44.1 Å². The molecule has 0 saturated heterocycles. The van der Waals surface area contributed by atoms with E-state index in [4.69, 9.17) is 9.47 Å². The lowest BCUT2D eigenvalue weighted by molar-refractivity contribution is -0.147. The first-order valence-electron chi connectivity index (χ1n) is 9.62. The van der Waals surface area contributed by atoms with Gasteiger partial charge in [-0.25, -0.2) is 0 Å². The summed E-state index contributed by atoms with van der Waals surface area (Å²) in [5, 5.41) is 2.73. The maximum Gasteiger partial charge on any atom is 0.326 e. The van der Waals surface area contributed by atoms with E-state index in [1.807, 2.05) is 30.3 Å². The number of para-hydroxylation sites is 2. The van der Waals surface area contributed by atoms with Crippen molar-refractivity contribution in [1.29, 1.82) is 0 Å². The zero-order chi connectivity index (χ0) is 20.5. The number of rotatable bonds is 8. The molecule has 2 amide bonds. The molecule has 0 unspecified atom stereocenters. The second-order valence-corrected chi connectivity index (χ2v) is 6.65. The summed E-state index contributed by atoms with van der Waals surface area (Å²) >= 11 is 0. The fourth-order valence-electron chi connectivity index (χ4n) is 3.03. The number of hydrogen-bond donors (Lipinski definition) is 1. The Labute approximate surface area is 169 Å². The minimum absolute atomic E-state index is 0.170. The number of aryl methyl sites for hydroxylation is 1. The Bertz CT molecular complexity index is 853. The summed E-state index contributed by atoms with van der Waals surface area (Å²) in [6.45, 7) is 0.123. The Morgan fingerprint density at radius 1 is 1.07 bits per heavy atom. The summed E-state index contributed by atoms with van der Waals surface area (Å²) in [4.78, 5) is 37.7. The number of esters is 1. The van der Waals surface area contributed by atoms with Crippen molar-refractivity contribution in [1.82, 2.24) is 5.32 Å². The fourth-order valence-corrected chi connectivity index (χ4v) is 3.03. The van der Waals surface area contributed by atoms with Crippen LogP contribution in [0.15, 0.2) is 54.6 Å². The van der Waals surface area contributed by atoms with Crippen molar-refractivity contribution in [2.45, 2.75) is 19.3 Å². The van der Waals surface area contributed by atoms with E-state index in [-0.39, 0.29) is 38.0 Å². The van der Waals surface area contributed by atoms with Crippen molar-refractivity contribution in [2.24, 2.45) is 0 Å². The molecule has 7 nitrogen and oxygen atoms in total. The number of carbonyl (C=O) groups is 3. The van der Waals surface area contributed by atoms with Crippen LogP contribution in [0.2, 0.25) is 0 Å². The molecule has 0 aliphatic carbocycles. The van der Waals surface area contributed by atoms with Crippen molar-refractivity contribution >= 4 is 23.5 Å². The number of ether oxygens (including phenoxy) is 2. The van der Waals surface area contributed by atoms with Gasteiger partial charge in [-0.15, -0.1) is 0 Å². The molecule has 2 aromatic rings. The lowest BCUT2D eigenvalue weighted by atomic mass is 10.1. The van der Waals surface area contributed by atoms with Crippen LogP contribution < -0.4 is 15.0 Å². The van der Waals surface area contributed by atoms with Gasteiger partial charge in [-0.2, -0.15) is 0 Å². The highest BCUT2D eigenvalue weighted by atomic mass is 16.5. The maximum absolute atomic E-state index is 12.3. The van der Waals surface area contributed by atoms with E-state index in [9.17, 15) is 14.4 Å². The average Bonchev–Trinajstić information content (AvgIpc) is 2.89. The molecule has 1 aliphatic heterocycles. The second-order valence-electron chi connectivity index (χ2n) is 6.65. The van der Waals surface area contributed by atoms with Gasteiger partial charge in [0.1, 0.15) is 12.3 Å². The molecule has 1 N–H and O–H groups in total. The summed E-state index contributed by atoms with van der Waals surface area (Å²) < 4.78 is 10.6. The molecule has 1 heterocycles. The van der Waals surface area contributed by atoms with Gasteiger partial charge < -0.3 is 14.8 Å². The van der Waals surface area contributed by atoms with Crippen LogP contribution in [0.4, 0.5) is 5.69 Å². The number of benzene rings is 2. The molecule has 152 valence electrons. The number of amides is 2. The smallest absolute Gasteiger partial charge is 0.326 e. The van der Waals surface area contributed by atoms with Crippen LogP contribution in [0.25, 0.3) is 0 Å². The normalized spacial score (nSPS) is 13.1. The lowest BCUT2D eigenvalue weighted by Crippen LogP contribution is -2.37. The van der Waals surface area contributed by atoms with E-state index < -0.39 is 5.97 Å². The summed E-state index contributed by atoms with van der Waals surface area (Å²) in [7, 11) is 0. The first kappa shape index (κ1) is 20.4. The molecule has 0 saturated carbocycles. The van der Waals surface area contributed by atoms with Crippen LogP contribution in [-0.2, 0) is 25.5 Å². The lowest BCUT2D eigenvalue weighted by Gasteiger charge is -2.20. The quantitative estimate of drug-likeness (QED) is 0.546. The predicted molar refractivity (Wildman–Crippen MR) is 108 cm³/mol. The summed E-state index contributed by atoms with van der Waals surface area (Å²) in [6.07, 6.45) is 1.83. The van der Waals surface area contributed by atoms with Gasteiger partial charge in [-0.05, 0) is 30.5 Å². The molecule has 1 aliphatic rings. The van der Waals surface area contributed by atoms with Gasteiger partial charge in [0.05, 0.1) is 18.7 Å². The molecule has 0 fully saturated rings. The first-order valence-corrected chi connectivity index (χ1v) is 9.62. The number of nitrogens with zero attached hydrogens (tertiary/aromatic N) is 1. The van der Waals surface area contributed by atoms with Crippen LogP contribution >= 0.6 is 0 Å². The van der Waals surface area contributed by atoms with Crippen LogP contribution in [0.3, 0.4) is 0 Å². The van der Waals surface area contributed by atoms with Gasteiger partial charge in [0.25, 0.3) is 5.91 Å². The van der Waals surface area contributed by atoms with Crippen molar-refractivity contribution in [3.63, 3.8) is 0 Å². The Morgan fingerprint density at radius 3 is 2.66 bits per heavy atom. The average molecular weight is 396 g/mol. The van der Waals surface area contributed by atoms with Crippen LogP contribution in [0.5, 0.6) is 5.75 Å². The van der Waals surface area contributed by atoms with Crippen molar-refractivity contribution < 1.29 is 23.9 Å². The number of anilines is 1. The van der Waals surface area contributed by atoms with E-state index in [0.29, 0.717) is 18.0 Å². The standard InChI is InChI=1S/C22H24N2O5/c25-20(23-13-6-9-17-7-2-1-3-8-17)16-29-22(27)15-24-18-10-4-5-11-19(18)28-14-12-21(24)26/h1-5,7-8,10-11H,6,9,12-16H2,(H,23,25). The van der Waals surface area contributed by atoms with Crippen molar-refractivity contribution in [3.05, 3.63) is 60.2 Å². The molecule has 0 atom stereocenters. The summed E-state index contributed by atoms with van der Waals surface area (Å²) in [6, 6.07) is 17.0. The zero-order valence-corrected chi connectivity index (χ0v) is 16.1. The van der Waals surface area contributed by atoms with E-state index in [1.54, 1.807) is 24.3 Å². The zero-order valence-electron chi connectivity index (χ0n) is 16.1. The maximum atomic E-state index is 12.3. The molecule has 2 aromatic carbocycles. The first-order chi connectivity index (χ1) is 14.1. The third-order valence-electron chi connectivity index (χ3n) is 4.49. The molecular weight excluding hydrogens is 372 g/mol. The van der Waals surface area contributed by atoms with Gasteiger partial charge in [0.15, 0.2) is 6.61 Å². The molecule has 3 rings (SSSR count). The highest BCUT2D eigenvalue weighted by Gasteiger charge is 2.25. The van der Waals surface area contributed by atoms with Gasteiger partial charge in [0.2, 0.25) is 5.91 Å². The summed E-state index contributed by atoms with van der Waals surface area (Å²) in [5.74, 6) is -0.689. The van der Waals surface area contributed by atoms with E-state index in [0.717, 1.165) is 12.8 Å². The minimum Gasteiger partial charge on any atom is -0.491 e.